The molecule has 2 aliphatic rings. The van der Waals surface area contributed by atoms with Crippen LogP contribution in [0.1, 0.15) is 43.8 Å². The number of aromatic nitrogens is 2. The van der Waals surface area contributed by atoms with Gasteiger partial charge in [0.15, 0.2) is 0 Å². The highest BCUT2D eigenvalue weighted by Crippen LogP contribution is 2.25. The van der Waals surface area contributed by atoms with Crippen molar-refractivity contribution >= 4 is 5.91 Å². The molecule has 0 aromatic carbocycles. The maximum Gasteiger partial charge on any atom is 0.222 e. The molecule has 6 heteroatoms. The number of nitrogens with zero attached hydrogens (tertiary/aromatic N) is 2. The molecule has 116 valence electrons. The van der Waals surface area contributed by atoms with Gasteiger partial charge in [-0.25, -0.2) is 4.98 Å². The van der Waals surface area contributed by atoms with E-state index in [4.69, 9.17) is 0 Å². The van der Waals surface area contributed by atoms with Crippen molar-refractivity contribution in [2.45, 2.75) is 38.0 Å². The summed E-state index contributed by atoms with van der Waals surface area (Å²) in [5.74, 6) is 2.57. The van der Waals surface area contributed by atoms with Crippen LogP contribution in [0.5, 0.6) is 0 Å². The number of hydrogen-bond acceptors (Lipinski definition) is 4. The van der Waals surface area contributed by atoms with E-state index < -0.39 is 0 Å². The van der Waals surface area contributed by atoms with Crippen LogP contribution in [0, 0.1) is 5.92 Å². The predicted molar refractivity (Wildman–Crippen MR) is 80.5 cm³/mol. The lowest BCUT2D eigenvalue weighted by Crippen LogP contribution is -2.38. The van der Waals surface area contributed by atoms with Gasteiger partial charge < -0.3 is 9.88 Å². The molecule has 6 nitrogen and oxygen atoms in total. The fourth-order valence-corrected chi connectivity index (χ4v) is 3.31. The number of imidazole rings is 1. The van der Waals surface area contributed by atoms with Crippen LogP contribution in [0.25, 0.3) is 0 Å². The minimum atomic E-state index is 0.326. The molecule has 1 aromatic heterocycles. The molecule has 1 aromatic rings. The Morgan fingerprint density at radius 1 is 1.29 bits per heavy atom. The van der Waals surface area contributed by atoms with Gasteiger partial charge in [-0.15, -0.1) is 0 Å². The van der Waals surface area contributed by atoms with Crippen LogP contribution < -0.4 is 10.9 Å². The van der Waals surface area contributed by atoms with Crippen molar-refractivity contribution in [1.29, 1.82) is 0 Å². The molecular weight excluding hydrogens is 266 g/mol. The van der Waals surface area contributed by atoms with Crippen LogP contribution in [0.3, 0.4) is 0 Å². The van der Waals surface area contributed by atoms with Crippen molar-refractivity contribution in [3.05, 3.63) is 18.2 Å². The Labute approximate surface area is 125 Å². The van der Waals surface area contributed by atoms with Gasteiger partial charge in [0.2, 0.25) is 5.91 Å². The monoisotopic (exact) mass is 291 g/mol. The average molecular weight is 291 g/mol. The second-order valence-electron chi connectivity index (χ2n) is 6.15. The predicted octanol–water partition coefficient (Wildman–Crippen LogP) is 1.01. The Hall–Kier alpha value is -1.40. The number of carbonyl (C=O) groups excluding carboxylic acids is 1. The Bertz CT molecular complexity index is 433. The van der Waals surface area contributed by atoms with Crippen LogP contribution in [-0.4, -0.2) is 47.0 Å². The number of H-pyrrole nitrogens is 1. The minimum Gasteiger partial charge on any atom is -0.348 e. The molecule has 0 radical (unpaired) electrons. The first kappa shape index (κ1) is 14.5. The lowest BCUT2D eigenvalue weighted by atomic mass is 9.95. The van der Waals surface area contributed by atoms with Crippen LogP contribution in [0.15, 0.2) is 12.4 Å². The van der Waals surface area contributed by atoms with Gasteiger partial charge in [0.05, 0.1) is 0 Å². The fraction of sp³-hybridized carbons (Fsp3) is 0.733. The highest BCUT2D eigenvalue weighted by Gasteiger charge is 2.25. The van der Waals surface area contributed by atoms with E-state index in [1.807, 2.05) is 11.1 Å². The van der Waals surface area contributed by atoms with Gasteiger partial charge in [-0.1, -0.05) is 0 Å². The third kappa shape index (κ3) is 3.83. The number of hydrogen-bond donors (Lipinski definition) is 3. The van der Waals surface area contributed by atoms with E-state index in [-0.39, 0.29) is 0 Å². The molecule has 0 bridgehead atoms. The molecule has 1 amide bonds. The summed E-state index contributed by atoms with van der Waals surface area (Å²) in [5.41, 5.74) is 6.28. The van der Waals surface area contributed by atoms with Crippen LogP contribution in [-0.2, 0) is 4.79 Å². The maximum atomic E-state index is 12.2. The quantitative estimate of drug-likeness (QED) is 0.757. The Balaban J connectivity index is 1.36. The topological polar surface area (TPSA) is 73.1 Å². The van der Waals surface area contributed by atoms with Crippen molar-refractivity contribution in [1.82, 2.24) is 25.7 Å². The van der Waals surface area contributed by atoms with Crippen LogP contribution in [0.2, 0.25) is 0 Å². The molecule has 0 unspecified atom stereocenters. The van der Waals surface area contributed by atoms with Gasteiger partial charge in [-0.2, -0.15) is 0 Å². The fourth-order valence-electron chi connectivity index (χ4n) is 3.31. The Morgan fingerprint density at radius 3 is 2.71 bits per heavy atom. The zero-order valence-corrected chi connectivity index (χ0v) is 12.5. The summed E-state index contributed by atoms with van der Waals surface area (Å²) in [6.45, 7) is 3.80. The molecule has 3 heterocycles. The summed E-state index contributed by atoms with van der Waals surface area (Å²) < 4.78 is 0. The molecule has 21 heavy (non-hydrogen) atoms. The first-order valence-electron chi connectivity index (χ1n) is 8.05. The number of aromatic amines is 1. The zero-order valence-electron chi connectivity index (χ0n) is 12.5. The van der Waals surface area contributed by atoms with Gasteiger partial charge in [0.25, 0.3) is 0 Å². The van der Waals surface area contributed by atoms with Crippen molar-refractivity contribution < 1.29 is 4.79 Å². The molecule has 0 spiro atoms. The number of amides is 1. The molecule has 0 aliphatic carbocycles. The smallest absolute Gasteiger partial charge is 0.222 e. The van der Waals surface area contributed by atoms with E-state index in [1.54, 1.807) is 6.20 Å². The molecule has 2 aliphatic heterocycles. The molecule has 0 atom stereocenters. The molecule has 3 rings (SSSR count). The highest BCUT2D eigenvalue weighted by molar-refractivity contribution is 5.76. The molecular formula is C15H25N5O. The lowest BCUT2D eigenvalue weighted by Gasteiger charge is -2.31. The normalized spacial score (nSPS) is 21.0. The number of nitrogens with one attached hydrogen (secondary N) is 3. The summed E-state index contributed by atoms with van der Waals surface area (Å²) >= 11 is 0. The summed E-state index contributed by atoms with van der Waals surface area (Å²) in [6.07, 6.45) is 8.56. The summed E-state index contributed by atoms with van der Waals surface area (Å²) in [6, 6.07) is 0. The van der Waals surface area contributed by atoms with E-state index in [0.29, 0.717) is 24.2 Å². The second kappa shape index (κ2) is 7.04. The third-order valence-corrected chi connectivity index (χ3v) is 4.66. The third-order valence-electron chi connectivity index (χ3n) is 4.66. The molecule has 2 fully saturated rings. The van der Waals surface area contributed by atoms with E-state index in [0.717, 1.165) is 57.7 Å². The van der Waals surface area contributed by atoms with Crippen molar-refractivity contribution in [2.24, 2.45) is 5.92 Å². The average Bonchev–Trinajstić information content (AvgIpc) is 3.21. The standard InChI is InChI=1S/C15H25N5O/c21-14(3-1-2-12-10-18-19-11-12)20-8-4-13(5-9-20)15-16-6-7-17-15/h6-7,12-13,18-19H,1-5,8-11H2,(H,16,17). The first-order valence-corrected chi connectivity index (χ1v) is 8.05. The first-order chi connectivity index (χ1) is 10.3. The van der Waals surface area contributed by atoms with Gasteiger partial charge in [0, 0.05) is 50.9 Å². The van der Waals surface area contributed by atoms with E-state index in [9.17, 15) is 4.79 Å². The van der Waals surface area contributed by atoms with Crippen molar-refractivity contribution in [3.8, 4) is 0 Å². The van der Waals surface area contributed by atoms with Crippen molar-refractivity contribution in [2.75, 3.05) is 26.2 Å². The van der Waals surface area contributed by atoms with Gasteiger partial charge in [-0.3, -0.25) is 15.6 Å². The molecule has 0 saturated carbocycles. The second-order valence-corrected chi connectivity index (χ2v) is 6.15. The summed E-state index contributed by atoms with van der Waals surface area (Å²) in [5, 5.41) is 0. The highest BCUT2D eigenvalue weighted by atomic mass is 16.2. The Morgan fingerprint density at radius 2 is 2.05 bits per heavy atom. The minimum absolute atomic E-state index is 0.326. The van der Waals surface area contributed by atoms with E-state index in [2.05, 4.69) is 20.8 Å². The number of carbonyl (C=O) groups is 1. The number of likely N-dealkylation sites (tertiary alicyclic amines) is 1. The lowest BCUT2D eigenvalue weighted by molar-refractivity contribution is -0.132. The number of rotatable bonds is 5. The zero-order chi connectivity index (χ0) is 14.5. The van der Waals surface area contributed by atoms with E-state index >= 15 is 0 Å². The molecule has 3 N–H and O–H groups in total. The van der Waals surface area contributed by atoms with Gasteiger partial charge in [0.1, 0.15) is 5.82 Å². The van der Waals surface area contributed by atoms with Crippen molar-refractivity contribution in [3.63, 3.8) is 0 Å². The van der Waals surface area contributed by atoms with Gasteiger partial charge >= 0.3 is 0 Å². The molecule has 2 saturated heterocycles. The van der Waals surface area contributed by atoms with E-state index in [1.165, 1.54) is 0 Å². The number of piperidine rings is 1. The summed E-state index contributed by atoms with van der Waals surface area (Å²) in [7, 11) is 0. The SMILES string of the molecule is O=C(CCCC1CNNC1)N1CCC(c2ncc[nH]2)CC1. The van der Waals surface area contributed by atoms with Gasteiger partial charge in [-0.05, 0) is 31.6 Å². The maximum absolute atomic E-state index is 12.2. The number of hydrazine groups is 1. The largest absolute Gasteiger partial charge is 0.348 e. The Kier molecular flexibility index (Phi) is 4.87. The van der Waals surface area contributed by atoms with Crippen LogP contribution >= 0.6 is 0 Å². The summed E-state index contributed by atoms with van der Waals surface area (Å²) in [4.78, 5) is 21.8. The van der Waals surface area contributed by atoms with Crippen LogP contribution in [0.4, 0.5) is 0 Å².